The maximum absolute atomic E-state index is 5.80. The molecule has 0 aromatic heterocycles. The quantitative estimate of drug-likeness (QED) is 0.834. The highest BCUT2D eigenvalue weighted by Crippen LogP contribution is 2.27. The van der Waals surface area contributed by atoms with Gasteiger partial charge >= 0.3 is 0 Å². The smallest absolute Gasteiger partial charge is 0.120 e. The fourth-order valence-corrected chi connectivity index (χ4v) is 2.28. The lowest BCUT2D eigenvalue weighted by Gasteiger charge is -2.14. The molecule has 0 heterocycles. The van der Waals surface area contributed by atoms with Crippen LogP contribution in [0.25, 0.3) is 11.1 Å². The van der Waals surface area contributed by atoms with Crippen molar-refractivity contribution in [2.45, 2.75) is 46.4 Å². The van der Waals surface area contributed by atoms with Crippen molar-refractivity contribution in [2.24, 2.45) is 0 Å². The summed E-state index contributed by atoms with van der Waals surface area (Å²) in [4.78, 5) is 0. The van der Waals surface area contributed by atoms with E-state index in [-0.39, 0.29) is 6.10 Å². The summed E-state index contributed by atoms with van der Waals surface area (Å²) in [5, 5.41) is 3.49. The number of hydrogen-bond acceptors (Lipinski definition) is 2. The van der Waals surface area contributed by atoms with Gasteiger partial charge in [0.15, 0.2) is 0 Å². The first kappa shape index (κ1) is 15.6. The SMILES string of the molecule is CC(C)NCc1ccccc1-c1cccc(OC(C)C)c1. The van der Waals surface area contributed by atoms with E-state index in [4.69, 9.17) is 4.74 Å². The average Bonchev–Trinajstić information content (AvgIpc) is 2.45. The highest BCUT2D eigenvalue weighted by atomic mass is 16.5. The molecule has 0 amide bonds. The van der Waals surface area contributed by atoms with Crippen LogP contribution in [-0.2, 0) is 6.54 Å². The van der Waals surface area contributed by atoms with Crippen molar-refractivity contribution in [1.29, 1.82) is 0 Å². The lowest BCUT2D eigenvalue weighted by Crippen LogP contribution is -2.22. The van der Waals surface area contributed by atoms with Crippen LogP contribution in [0.3, 0.4) is 0 Å². The molecule has 0 bridgehead atoms. The fraction of sp³-hybridized carbons (Fsp3) is 0.368. The first-order chi connectivity index (χ1) is 10.1. The molecule has 0 saturated heterocycles. The molecular formula is C19H25NO. The number of hydrogen-bond donors (Lipinski definition) is 1. The molecule has 0 atom stereocenters. The molecule has 0 unspecified atom stereocenters. The molecule has 2 heteroatoms. The molecular weight excluding hydrogens is 258 g/mol. The molecule has 2 aromatic carbocycles. The molecule has 112 valence electrons. The highest BCUT2D eigenvalue weighted by Gasteiger charge is 2.07. The second-order valence-corrected chi connectivity index (χ2v) is 5.89. The molecule has 0 aliphatic heterocycles. The van der Waals surface area contributed by atoms with Gasteiger partial charge in [-0.15, -0.1) is 0 Å². The van der Waals surface area contributed by atoms with Gasteiger partial charge in [0.05, 0.1) is 6.10 Å². The van der Waals surface area contributed by atoms with Crippen molar-refractivity contribution < 1.29 is 4.74 Å². The van der Waals surface area contributed by atoms with E-state index >= 15 is 0 Å². The molecule has 1 N–H and O–H groups in total. The van der Waals surface area contributed by atoms with Crippen LogP contribution in [0.1, 0.15) is 33.3 Å². The molecule has 0 spiro atoms. The number of ether oxygens (including phenoxy) is 1. The van der Waals surface area contributed by atoms with E-state index in [9.17, 15) is 0 Å². The molecule has 0 saturated carbocycles. The lowest BCUT2D eigenvalue weighted by atomic mass is 9.99. The minimum Gasteiger partial charge on any atom is -0.491 e. The molecule has 0 radical (unpaired) electrons. The molecule has 0 aliphatic carbocycles. The third kappa shape index (κ3) is 4.61. The Balaban J connectivity index is 2.28. The van der Waals surface area contributed by atoms with Gasteiger partial charge in [0, 0.05) is 12.6 Å². The number of nitrogens with one attached hydrogen (secondary N) is 1. The normalized spacial score (nSPS) is 11.1. The Morgan fingerprint density at radius 3 is 2.43 bits per heavy atom. The first-order valence-corrected chi connectivity index (χ1v) is 7.64. The van der Waals surface area contributed by atoms with Gasteiger partial charge in [-0.2, -0.15) is 0 Å². The van der Waals surface area contributed by atoms with Gasteiger partial charge in [0.25, 0.3) is 0 Å². The third-order valence-electron chi connectivity index (χ3n) is 3.23. The zero-order valence-electron chi connectivity index (χ0n) is 13.4. The van der Waals surface area contributed by atoms with Crippen molar-refractivity contribution in [3.05, 3.63) is 54.1 Å². The Morgan fingerprint density at radius 2 is 1.71 bits per heavy atom. The molecule has 0 fully saturated rings. The molecule has 2 nitrogen and oxygen atoms in total. The second-order valence-electron chi connectivity index (χ2n) is 5.89. The van der Waals surface area contributed by atoms with E-state index in [1.54, 1.807) is 0 Å². The van der Waals surface area contributed by atoms with E-state index in [0.29, 0.717) is 6.04 Å². The monoisotopic (exact) mass is 283 g/mol. The maximum atomic E-state index is 5.80. The van der Waals surface area contributed by atoms with E-state index in [0.717, 1.165) is 12.3 Å². The van der Waals surface area contributed by atoms with Crippen LogP contribution in [0.5, 0.6) is 5.75 Å². The standard InChI is InChI=1S/C19H25NO/c1-14(2)20-13-17-8-5-6-11-19(17)16-9-7-10-18(12-16)21-15(3)4/h5-12,14-15,20H,13H2,1-4H3. The predicted molar refractivity (Wildman–Crippen MR) is 89.6 cm³/mol. The van der Waals surface area contributed by atoms with Gasteiger partial charge in [-0.25, -0.2) is 0 Å². The van der Waals surface area contributed by atoms with Crippen molar-refractivity contribution in [3.8, 4) is 16.9 Å². The summed E-state index contributed by atoms with van der Waals surface area (Å²) in [7, 11) is 0. The van der Waals surface area contributed by atoms with E-state index in [1.807, 2.05) is 19.9 Å². The zero-order valence-corrected chi connectivity index (χ0v) is 13.4. The Bertz CT molecular complexity index is 575. The zero-order chi connectivity index (χ0) is 15.2. The molecule has 2 aromatic rings. The predicted octanol–water partition coefficient (Wildman–Crippen LogP) is 4.64. The largest absolute Gasteiger partial charge is 0.491 e. The van der Waals surface area contributed by atoms with Crippen LogP contribution in [0.4, 0.5) is 0 Å². The van der Waals surface area contributed by atoms with Crippen molar-refractivity contribution in [1.82, 2.24) is 5.32 Å². The minimum absolute atomic E-state index is 0.193. The fourth-order valence-electron chi connectivity index (χ4n) is 2.28. The average molecular weight is 283 g/mol. The van der Waals surface area contributed by atoms with Crippen LogP contribution in [-0.4, -0.2) is 12.1 Å². The summed E-state index contributed by atoms with van der Waals surface area (Å²) < 4.78 is 5.80. The number of benzene rings is 2. The summed E-state index contributed by atoms with van der Waals surface area (Å²) >= 11 is 0. The number of rotatable bonds is 6. The van der Waals surface area contributed by atoms with Crippen LogP contribution in [0.15, 0.2) is 48.5 Å². The Hall–Kier alpha value is -1.80. The maximum Gasteiger partial charge on any atom is 0.120 e. The highest BCUT2D eigenvalue weighted by molar-refractivity contribution is 5.68. The lowest BCUT2D eigenvalue weighted by molar-refractivity contribution is 0.242. The van der Waals surface area contributed by atoms with Crippen LogP contribution < -0.4 is 10.1 Å². The summed E-state index contributed by atoms with van der Waals surface area (Å²) in [5.74, 6) is 0.925. The topological polar surface area (TPSA) is 21.3 Å². The second kappa shape index (κ2) is 7.28. The van der Waals surface area contributed by atoms with Gasteiger partial charge < -0.3 is 10.1 Å². The first-order valence-electron chi connectivity index (χ1n) is 7.64. The summed E-state index contributed by atoms with van der Waals surface area (Å²) in [5.41, 5.74) is 3.78. The van der Waals surface area contributed by atoms with Gasteiger partial charge in [0.1, 0.15) is 5.75 Å². The van der Waals surface area contributed by atoms with Gasteiger partial charge in [-0.1, -0.05) is 50.2 Å². The Morgan fingerprint density at radius 1 is 0.952 bits per heavy atom. The molecule has 21 heavy (non-hydrogen) atoms. The van der Waals surface area contributed by atoms with Gasteiger partial charge in [0.2, 0.25) is 0 Å². The van der Waals surface area contributed by atoms with Crippen molar-refractivity contribution in [3.63, 3.8) is 0 Å². The summed E-state index contributed by atoms with van der Waals surface area (Å²) in [6.07, 6.45) is 0.193. The van der Waals surface area contributed by atoms with E-state index < -0.39 is 0 Å². The van der Waals surface area contributed by atoms with Crippen molar-refractivity contribution >= 4 is 0 Å². The third-order valence-corrected chi connectivity index (χ3v) is 3.23. The van der Waals surface area contributed by atoms with Gasteiger partial charge in [-0.05, 0) is 42.7 Å². The summed E-state index contributed by atoms with van der Waals surface area (Å²) in [6.45, 7) is 9.31. The van der Waals surface area contributed by atoms with Gasteiger partial charge in [-0.3, -0.25) is 0 Å². The van der Waals surface area contributed by atoms with Crippen LogP contribution in [0, 0.1) is 0 Å². The van der Waals surface area contributed by atoms with E-state index in [2.05, 4.69) is 61.6 Å². The summed E-state index contributed by atoms with van der Waals surface area (Å²) in [6, 6.07) is 17.3. The Kier molecular flexibility index (Phi) is 5.40. The Labute approximate surface area is 128 Å². The van der Waals surface area contributed by atoms with Crippen LogP contribution in [0.2, 0.25) is 0 Å². The molecule has 0 aliphatic rings. The van der Waals surface area contributed by atoms with E-state index in [1.165, 1.54) is 16.7 Å². The minimum atomic E-state index is 0.193. The van der Waals surface area contributed by atoms with Crippen LogP contribution >= 0.6 is 0 Å². The molecule has 2 rings (SSSR count). The van der Waals surface area contributed by atoms with Crippen molar-refractivity contribution in [2.75, 3.05) is 0 Å².